The summed E-state index contributed by atoms with van der Waals surface area (Å²) in [6, 6.07) is 10.9. The van der Waals surface area contributed by atoms with E-state index in [0.29, 0.717) is 0 Å². The van der Waals surface area contributed by atoms with Gasteiger partial charge in [0.15, 0.2) is 0 Å². The van der Waals surface area contributed by atoms with Gasteiger partial charge in [0.2, 0.25) is 0 Å². The van der Waals surface area contributed by atoms with Crippen LogP contribution in [0.5, 0.6) is 0 Å². The van der Waals surface area contributed by atoms with Gasteiger partial charge in [-0.05, 0) is 0 Å². The van der Waals surface area contributed by atoms with Crippen molar-refractivity contribution >= 4 is 18.4 Å². The van der Waals surface area contributed by atoms with Crippen LogP contribution >= 0.6 is 0 Å². The second-order valence-electron chi connectivity index (χ2n) is 5.35. The molecule has 0 unspecified atom stereocenters. The first-order valence-corrected chi connectivity index (χ1v) is 15.7. The summed E-state index contributed by atoms with van der Waals surface area (Å²) in [5, 5.41) is 0. The normalized spacial score (nSPS) is 16.4. The first kappa shape index (κ1) is 12.1. The van der Waals surface area contributed by atoms with Crippen molar-refractivity contribution in [2.75, 3.05) is 0 Å². The van der Waals surface area contributed by atoms with Crippen LogP contribution in [0.1, 0.15) is 25.3 Å². The van der Waals surface area contributed by atoms with Crippen LogP contribution in [0.2, 0.25) is 18.8 Å². The van der Waals surface area contributed by atoms with E-state index < -0.39 is 18.4 Å². The molecule has 0 aliphatic rings. The fraction of sp³-hybridized carbons (Fsp3) is 0.538. The van der Waals surface area contributed by atoms with E-state index in [4.69, 9.17) is 0 Å². The first-order chi connectivity index (χ1) is 6.43. The molecule has 0 N–H and O–H groups in total. The van der Waals surface area contributed by atoms with Crippen molar-refractivity contribution < 1.29 is 0 Å². The third-order valence-electron chi connectivity index (χ3n) is 3.44. The number of hydrogen-bond acceptors (Lipinski definition) is 0. The number of benzene rings is 1. The van der Waals surface area contributed by atoms with Gasteiger partial charge >= 0.3 is 92.8 Å². The Labute approximate surface area is 92.6 Å². The van der Waals surface area contributed by atoms with Gasteiger partial charge in [0.1, 0.15) is 0 Å². The summed E-state index contributed by atoms with van der Waals surface area (Å²) in [6.07, 6.45) is 0. The number of hydrogen-bond donors (Lipinski definition) is 0. The van der Waals surface area contributed by atoms with Crippen molar-refractivity contribution in [1.82, 2.24) is 0 Å². The van der Waals surface area contributed by atoms with Crippen LogP contribution in [0.25, 0.3) is 0 Å². The Bertz CT molecular complexity index is 271. The van der Waals surface area contributed by atoms with Gasteiger partial charge in [0.05, 0.1) is 0 Å². The quantitative estimate of drug-likeness (QED) is 0.720. The summed E-state index contributed by atoms with van der Waals surface area (Å²) in [6.45, 7) is 4.82. The molecule has 0 aliphatic heterocycles. The molecule has 0 aliphatic carbocycles. The van der Waals surface area contributed by atoms with Crippen LogP contribution in [-0.4, -0.2) is 18.4 Å². The Morgan fingerprint density at radius 2 is 1.43 bits per heavy atom. The van der Waals surface area contributed by atoms with Crippen LogP contribution in [0.4, 0.5) is 0 Å². The SMILES string of the molecule is C[C@H](c1ccccc1)[C@@H](C)[Sn]([CH3])([CH3])[CH3]. The molecule has 0 saturated carbocycles. The molecular weight excluding hydrogens is 275 g/mol. The van der Waals surface area contributed by atoms with E-state index in [1.165, 1.54) is 5.56 Å². The summed E-state index contributed by atoms with van der Waals surface area (Å²) >= 11 is -1.72. The average Bonchev–Trinajstić information content (AvgIpc) is 2.15. The molecule has 0 saturated heterocycles. The molecule has 0 heterocycles. The van der Waals surface area contributed by atoms with Gasteiger partial charge in [-0.2, -0.15) is 0 Å². The Hall–Kier alpha value is 0.0187. The summed E-state index contributed by atoms with van der Waals surface area (Å²) in [4.78, 5) is 7.58. The molecule has 0 bridgehead atoms. The van der Waals surface area contributed by atoms with E-state index >= 15 is 0 Å². The summed E-state index contributed by atoms with van der Waals surface area (Å²) in [7, 11) is 0. The van der Waals surface area contributed by atoms with Crippen molar-refractivity contribution in [3.8, 4) is 0 Å². The van der Waals surface area contributed by atoms with Crippen molar-refractivity contribution in [3.05, 3.63) is 35.9 Å². The second kappa shape index (κ2) is 4.69. The van der Waals surface area contributed by atoms with E-state index in [0.717, 1.165) is 9.85 Å². The molecule has 0 radical (unpaired) electrons. The molecule has 0 spiro atoms. The Morgan fingerprint density at radius 1 is 0.929 bits per heavy atom. The van der Waals surface area contributed by atoms with Gasteiger partial charge in [-0.3, -0.25) is 0 Å². The zero-order chi connectivity index (χ0) is 10.8. The third kappa shape index (κ3) is 3.01. The molecule has 1 rings (SSSR count). The van der Waals surface area contributed by atoms with Crippen LogP contribution in [-0.2, 0) is 0 Å². The maximum absolute atomic E-state index is 2.53. The molecule has 2 atom stereocenters. The first-order valence-electron chi connectivity index (χ1n) is 5.48. The summed E-state index contributed by atoms with van der Waals surface area (Å²) < 4.78 is 0.909. The van der Waals surface area contributed by atoms with E-state index in [-0.39, 0.29) is 0 Å². The fourth-order valence-corrected chi connectivity index (χ4v) is 6.63. The average molecular weight is 297 g/mol. The molecule has 1 aromatic rings. The van der Waals surface area contributed by atoms with Crippen molar-refractivity contribution in [1.29, 1.82) is 0 Å². The topological polar surface area (TPSA) is 0 Å². The van der Waals surface area contributed by atoms with Gasteiger partial charge < -0.3 is 0 Å². The summed E-state index contributed by atoms with van der Waals surface area (Å²) in [5.41, 5.74) is 1.51. The molecule has 0 aromatic heterocycles. The third-order valence-corrected chi connectivity index (χ3v) is 12.7. The molecule has 0 nitrogen and oxygen atoms in total. The van der Waals surface area contributed by atoms with E-state index in [2.05, 4.69) is 59.0 Å². The van der Waals surface area contributed by atoms with Gasteiger partial charge in [-0.15, -0.1) is 0 Å². The maximum atomic E-state index is 2.53. The Morgan fingerprint density at radius 3 is 1.86 bits per heavy atom. The Balaban J connectivity index is 2.81. The predicted molar refractivity (Wildman–Crippen MR) is 67.6 cm³/mol. The monoisotopic (exact) mass is 298 g/mol. The molecule has 0 fully saturated rings. The molecular formula is C13H22Sn. The van der Waals surface area contributed by atoms with Crippen LogP contribution < -0.4 is 0 Å². The minimum atomic E-state index is -1.72. The van der Waals surface area contributed by atoms with Crippen LogP contribution in [0, 0.1) is 0 Å². The predicted octanol–water partition coefficient (Wildman–Crippen LogP) is 4.52. The van der Waals surface area contributed by atoms with E-state index in [1.54, 1.807) is 0 Å². The zero-order valence-electron chi connectivity index (χ0n) is 10.0. The van der Waals surface area contributed by atoms with Gasteiger partial charge in [0.25, 0.3) is 0 Å². The minimum absolute atomic E-state index is 0.729. The second-order valence-corrected chi connectivity index (χ2v) is 21.5. The molecule has 14 heavy (non-hydrogen) atoms. The fourth-order valence-electron chi connectivity index (χ4n) is 1.80. The summed E-state index contributed by atoms with van der Waals surface area (Å²) in [5.74, 6) is 0.729. The van der Waals surface area contributed by atoms with E-state index in [1.807, 2.05) is 0 Å². The van der Waals surface area contributed by atoms with Gasteiger partial charge in [-0.1, -0.05) is 0 Å². The van der Waals surface area contributed by atoms with E-state index in [9.17, 15) is 0 Å². The van der Waals surface area contributed by atoms with Crippen LogP contribution in [0.3, 0.4) is 0 Å². The molecule has 0 amide bonds. The van der Waals surface area contributed by atoms with Gasteiger partial charge in [0, 0.05) is 0 Å². The van der Waals surface area contributed by atoms with Crippen molar-refractivity contribution in [3.63, 3.8) is 0 Å². The van der Waals surface area contributed by atoms with Crippen LogP contribution in [0.15, 0.2) is 30.3 Å². The van der Waals surface area contributed by atoms with Crippen molar-refractivity contribution in [2.45, 2.75) is 38.5 Å². The standard InChI is InChI=1S/C10H13.3CH3.Sn/c1-3-9(2)10-7-5-4-6-8-10;;;;/h3-9H,1-2H3;3*1H3;/t9-;;;;/m0..../s1. The van der Waals surface area contributed by atoms with Gasteiger partial charge in [-0.25, -0.2) is 0 Å². The molecule has 1 aromatic carbocycles. The Kier molecular flexibility index (Phi) is 4.05. The zero-order valence-corrected chi connectivity index (χ0v) is 12.9. The number of rotatable bonds is 3. The molecule has 78 valence electrons. The molecule has 1 heteroatoms. The van der Waals surface area contributed by atoms with Crippen molar-refractivity contribution in [2.24, 2.45) is 0 Å².